The van der Waals surface area contributed by atoms with E-state index in [1.165, 1.54) is 6.26 Å². The van der Waals surface area contributed by atoms with Crippen LogP contribution in [0, 0.1) is 0 Å². The quantitative estimate of drug-likeness (QED) is 0.628. The summed E-state index contributed by atoms with van der Waals surface area (Å²) in [7, 11) is -2.79. The van der Waals surface area contributed by atoms with Crippen molar-refractivity contribution in [3.05, 3.63) is 18.2 Å². The lowest BCUT2D eigenvalue weighted by Crippen LogP contribution is -2.36. The summed E-state index contributed by atoms with van der Waals surface area (Å²) in [6.45, 7) is 3.01. The number of nitrogen functional groups attached to an aromatic ring is 1. The van der Waals surface area contributed by atoms with E-state index in [1.54, 1.807) is 6.07 Å². The molecule has 1 aliphatic rings. The highest BCUT2D eigenvalue weighted by atomic mass is 32.3. The fourth-order valence-electron chi connectivity index (χ4n) is 1.92. The van der Waals surface area contributed by atoms with Crippen LogP contribution in [0.5, 0.6) is 0 Å². The van der Waals surface area contributed by atoms with E-state index in [9.17, 15) is 9.11 Å². The van der Waals surface area contributed by atoms with E-state index in [0.29, 0.717) is 24.6 Å². The molecule has 0 unspecified atom stereocenters. The van der Waals surface area contributed by atoms with Gasteiger partial charge in [-0.3, -0.25) is 13.8 Å². The van der Waals surface area contributed by atoms with Crippen molar-refractivity contribution in [2.24, 2.45) is 0 Å². The molecule has 18 heavy (non-hydrogen) atoms. The van der Waals surface area contributed by atoms with Crippen LogP contribution in [0.2, 0.25) is 0 Å². The Hall–Kier alpha value is -1.15. The Morgan fingerprint density at radius 2 is 1.94 bits per heavy atom. The van der Waals surface area contributed by atoms with Gasteiger partial charge in [0.05, 0.1) is 18.9 Å². The summed E-state index contributed by atoms with van der Waals surface area (Å²) < 4.78 is 26.8. The smallest absolute Gasteiger partial charge is 0.0642 e. The van der Waals surface area contributed by atoms with Crippen molar-refractivity contribution in [1.29, 1.82) is 0 Å². The normalized spacial score (nSPS) is 17.6. The minimum absolute atomic E-state index is 0.588. The van der Waals surface area contributed by atoms with E-state index in [-0.39, 0.29) is 0 Å². The molecule has 0 saturated carbocycles. The Kier molecular flexibility index (Phi) is 3.86. The Balaban J connectivity index is 2.20. The molecule has 6 nitrogen and oxygen atoms in total. The average molecular weight is 273 g/mol. The average Bonchev–Trinajstić information content (AvgIpc) is 2.27. The molecule has 1 aromatic carbocycles. The Bertz CT molecular complexity index is 416. The summed E-state index contributed by atoms with van der Waals surface area (Å²) in [6, 6.07) is 5.42. The van der Waals surface area contributed by atoms with Gasteiger partial charge in [-0.15, -0.1) is 10.8 Å². The molecule has 2 rings (SSSR count). The van der Waals surface area contributed by atoms with E-state index < -0.39 is 10.8 Å². The van der Waals surface area contributed by atoms with Crippen molar-refractivity contribution in [2.45, 2.75) is 0 Å². The number of morpholine rings is 1. The molecule has 7 heteroatoms. The lowest BCUT2D eigenvalue weighted by Gasteiger charge is -2.32. The molecule has 1 saturated heterocycles. The number of nitrogens with one attached hydrogen (secondary N) is 1. The molecular weight excluding hydrogens is 254 g/mol. The van der Waals surface area contributed by atoms with E-state index >= 15 is 0 Å². The van der Waals surface area contributed by atoms with Crippen LogP contribution in [0.4, 0.5) is 17.1 Å². The Morgan fingerprint density at radius 3 is 2.56 bits per heavy atom. The van der Waals surface area contributed by atoms with Crippen LogP contribution in [0.15, 0.2) is 18.2 Å². The summed E-state index contributed by atoms with van der Waals surface area (Å²) in [5.74, 6) is 0. The van der Waals surface area contributed by atoms with Gasteiger partial charge in [0.25, 0.3) is 0 Å². The lowest BCUT2D eigenvalue weighted by molar-refractivity contribution is 0.122. The van der Waals surface area contributed by atoms with Crippen LogP contribution in [0.25, 0.3) is 0 Å². The van der Waals surface area contributed by atoms with Gasteiger partial charge in [-0.1, -0.05) is 0 Å². The largest absolute Gasteiger partial charge is 0.399 e. The summed E-state index contributed by atoms with van der Waals surface area (Å²) in [5, 5.41) is 0. The van der Waals surface area contributed by atoms with E-state index in [4.69, 9.17) is 10.5 Å². The van der Waals surface area contributed by atoms with Crippen molar-refractivity contribution in [3.63, 3.8) is 0 Å². The number of ether oxygens (including phenoxy) is 1. The third kappa shape index (κ3) is 3.67. The van der Waals surface area contributed by atoms with Gasteiger partial charge >= 0.3 is 0 Å². The molecule has 1 aliphatic heterocycles. The van der Waals surface area contributed by atoms with Gasteiger partial charge in [0.2, 0.25) is 0 Å². The van der Waals surface area contributed by atoms with Gasteiger partial charge in [-0.05, 0) is 18.2 Å². The maximum atomic E-state index is 9.42. The number of anilines is 3. The number of nitrogens with zero attached hydrogens (tertiary/aromatic N) is 1. The minimum atomic E-state index is -2.79. The maximum absolute atomic E-state index is 9.42. The number of rotatable bonds is 3. The Labute approximate surface area is 108 Å². The van der Waals surface area contributed by atoms with Gasteiger partial charge < -0.3 is 15.4 Å². The number of hydrogen-bond acceptors (Lipinski definition) is 6. The van der Waals surface area contributed by atoms with Crippen LogP contribution in [-0.2, 0) is 4.74 Å². The summed E-state index contributed by atoms with van der Waals surface area (Å²) >= 11 is 0. The molecular formula is C11H19N3O3S. The Morgan fingerprint density at radius 1 is 1.28 bits per heavy atom. The first kappa shape index (κ1) is 13.3. The standard InChI is InChI=1S/C11H19N3O3S/c1-18(15,16)13-10-6-9(12)7-11(8-10)14-2-4-17-5-3-14/h6-8,13,15-16H,2-5,12H2,1H3. The second-order valence-corrected chi connectivity index (χ2v) is 6.22. The molecule has 1 aromatic rings. The highest BCUT2D eigenvalue weighted by Gasteiger charge is 2.13. The SMILES string of the molecule is CS(O)(O)Nc1cc(N)cc(N2CCOCC2)c1. The van der Waals surface area contributed by atoms with Crippen molar-refractivity contribution in [1.82, 2.24) is 0 Å². The molecule has 0 bridgehead atoms. The first-order valence-electron chi connectivity index (χ1n) is 5.68. The van der Waals surface area contributed by atoms with Gasteiger partial charge in [0, 0.05) is 30.7 Å². The first-order valence-corrected chi connectivity index (χ1v) is 7.64. The topological polar surface area (TPSA) is 91.0 Å². The summed E-state index contributed by atoms with van der Waals surface area (Å²) in [4.78, 5) is 2.16. The monoisotopic (exact) mass is 273 g/mol. The second-order valence-electron chi connectivity index (χ2n) is 4.35. The summed E-state index contributed by atoms with van der Waals surface area (Å²) in [5.41, 5.74) is 7.99. The van der Waals surface area contributed by atoms with Gasteiger partial charge in [0.15, 0.2) is 0 Å². The first-order chi connectivity index (χ1) is 8.44. The van der Waals surface area contributed by atoms with Crippen molar-refractivity contribution < 1.29 is 13.8 Å². The van der Waals surface area contributed by atoms with Gasteiger partial charge in [-0.25, -0.2) is 0 Å². The lowest BCUT2D eigenvalue weighted by atomic mass is 10.2. The zero-order chi connectivity index (χ0) is 13.2. The predicted octanol–water partition coefficient (Wildman–Crippen LogP) is 1.81. The third-order valence-corrected chi connectivity index (χ3v) is 3.25. The van der Waals surface area contributed by atoms with Crippen LogP contribution < -0.4 is 15.4 Å². The molecule has 1 fully saturated rings. The van der Waals surface area contributed by atoms with Crippen LogP contribution in [-0.4, -0.2) is 41.7 Å². The highest BCUT2D eigenvalue weighted by Crippen LogP contribution is 2.36. The molecule has 0 amide bonds. The van der Waals surface area contributed by atoms with Gasteiger partial charge in [-0.2, -0.15) is 0 Å². The zero-order valence-corrected chi connectivity index (χ0v) is 11.1. The van der Waals surface area contributed by atoms with Gasteiger partial charge in [0.1, 0.15) is 0 Å². The molecule has 5 N–H and O–H groups in total. The minimum Gasteiger partial charge on any atom is -0.399 e. The molecule has 0 aliphatic carbocycles. The van der Waals surface area contributed by atoms with Crippen LogP contribution in [0.1, 0.15) is 0 Å². The molecule has 0 spiro atoms. The zero-order valence-electron chi connectivity index (χ0n) is 10.3. The predicted molar refractivity (Wildman–Crippen MR) is 76.3 cm³/mol. The van der Waals surface area contributed by atoms with E-state index in [1.807, 2.05) is 12.1 Å². The molecule has 0 radical (unpaired) electrons. The summed E-state index contributed by atoms with van der Waals surface area (Å²) in [6.07, 6.45) is 1.34. The molecule has 0 aromatic heterocycles. The second kappa shape index (κ2) is 5.23. The van der Waals surface area contributed by atoms with Crippen molar-refractivity contribution in [3.8, 4) is 0 Å². The van der Waals surface area contributed by atoms with Crippen LogP contribution >= 0.6 is 10.8 Å². The van der Waals surface area contributed by atoms with E-state index in [2.05, 4.69) is 9.62 Å². The van der Waals surface area contributed by atoms with Crippen molar-refractivity contribution in [2.75, 3.05) is 47.9 Å². The fraction of sp³-hybridized carbons (Fsp3) is 0.455. The highest BCUT2D eigenvalue weighted by molar-refractivity contribution is 8.24. The fourth-order valence-corrected chi connectivity index (χ4v) is 2.49. The van der Waals surface area contributed by atoms with Crippen LogP contribution in [0.3, 0.4) is 0 Å². The number of hydrogen-bond donors (Lipinski definition) is 4. The number of nitrogens with two attached hydrogens (primary N) is 1. The van der Waals surface area contributed by atoms with Crippen molar-refractivity contribution >= 4 is 27.8 Å². The van der Waals surface area contributed by atoms with E-state index in [0.717, 1.165) is 18.8 Å². The third-order valence-electron chi connectivity index (χ3n) is 2.63. The molecule has 102 valence electrons. The maximum Gasteiger partial charge on any atom is 0.0642 e. The number of benzene rings is 1. The molecule has 0 atom stereocenters. The molecule has 1 heterocycles.